The number of aliphatic carboxylic acids is 3. The van der Waals surface area contributed by atoms with Crippen LogP contribution in [0.3, 0.4) is 0 Å². The number of hydrogen-bond acceptors (Lipinski definition) is 5. The van der Waals surface area contributed by atoms with Gasteiger partial charge in [-0.1, -0.05) is 6.92 Å². The second-order valence-corrected chi connectivity index (χ2v) is 3.12. The van der Waals surface area contributed by atoms with Gasteiger partial charge in [-0.15, -0.1) is 0 Å². The number of methoxy groups -OCH3 is 1. The molecule has 0 aliphatic carbocycles. The fraction of sp³-hybridized carbons (Fsp3) is 0.667. The molecule has 0 rings (SSSR count). The van der Waals surface area contributed by atoms with Gasteiger partial charge >= 0.3 is 17.9 Å². The van der Waals surface area contributed by atoms with E-state index in [9.17, 15) is 14.4 Å². The van der Waals surface area contributed by atoms with Gasteiger partial charge in [-0.05, 0) is 6.42 Å². The van der Waals surface area contributed by atoms with Gasteiger partial charge in [0.25, 0.3) is 0 Å². The highest BCUT2D eigenvalue weighted by Crippen LogP contribution is 2.10. The summed E-state index contributed by atoms with van der Waals surface area (Å²) in [5.41, 5.74) is 0. The van der Waals surface area contributed by atoms with E-state index >= 15 is 0 Å². The summed E-state index contributed by atoms with van der Waals surface area (Å²) in [6.45, 7) is 1.47. The van der Waals surface area contributed by atoms with E-state index < -0.39 is 36.2 Å². The molecule has 3 N–H and O–H groups in total. The zero-order valence-corrected chi connectivity index (χ0v) is 9.32. The third kappa shape index (κ3) is 4.37. The summed E-state index contributed by atoms with van der Waals surface area (Å²) in [6.07, 6.45) is -5.03. The minimum absolute atomic E-state index is 0.00909. The van der Waals surface area contributed by atoms with Gasteiger partial charge in [-0.2, -0.15) is 0 Å². The van der Waals surface area contributed by atoms with Crippen molar-refractivity contribution in [2.24, 2.45) is 0 Å². The number of ether oxygens (including phenoxy) is 2. The van der Waals surface area contributed by atoms with Crippen LogP contribution < -0.4 is 0 Å². The van der Waals surface area contributed by atoms with Crippen LogP contribution in [0.1, 0.15) is 13.3 Å². The third-order valence-corrected chi connectivity index (χ3v) is 1.97. The Morgan fingerprint density at radius 3 is 1.71 bits per heavy atom. The standard InChI is InChI=1S/C9H14O8/c1-3-4(7(10)11)17-6(9(14)15)5(16-2)8(12)13/h4-6H,3H2,1-2H3,(H,10,11)(H,12,13)(H,14,15). The second-order valence-electron chi connectivity index (χ2n) is 3.12. The Balaban J connectivity index is 4.91. The van der Waals surface area contributed by atoms with Crippen molar-refractivity contribution in [3.8, 4) is 0 Å². The molecule has 3 unspecified atom stereocenters. The molecule has 8 heteroatoms. The fourth-order valence-corrected chi connectivity index (χ4v) is 1.12. The van der Waals surface area contributed by atoms with Crippen molar-refractivity contribution < 1.29 is 39.2 Å². The predicted octanol–water partition coefficient (Wildman–Crippen LogP) is -0.581. The smallest absolute Gasteiger partial charge is 0.336 e. The SMILES string of the molecule is CCC(OC(C(=O)O)C(OC)C(=O)O)C(=O)O. The zero-order chi connectivity index (χ0) is 13.6. The van der Waals surface area contributed by atoms with Crippen LogP contribution in [0.2, 0.25) is 0 Å². The number of rotatable bonds is 8. The van der Waals surface area contributed by atoms with Gasteiger partial charge in [-0.3, -0.25) is 0 Å². The van der Waals surface area contributed by atoms with Gasteiger partial charge < -0.3 is 24.8 Å². The molecule has 0 aliphatic rings. The van der Waals surface area contributed by atoms with E-state index in [1.165, 1.54) is 6.92 Å². The Morgan fingerprint density at radius 2 is 1.47 bits per heavy atom. The summed E-state index contributed by atoms with van der Waals surface area (Å²) in [5, 5.41) is 26.2. The van der Waals surface area contributed by atoms with Crippen LogP contribution in [0.5, 0.6) is 0 Å². The minimum atomic E-state index is -1.88. The van der Waals surface area contributed by atoms with Crippen LogP contribution in [-0.4, -0.2) is 58.6 Å². The predicted molar refractivity (Wildman–Crippen MR) is 52.7 cm³/mol. The molecule has 0 aromatic heterocycles. The monoisotopic (exact) mass is 250 g/mol. The lowest BCUT2D eigenvalue weighted by atomic mass is 10.2. The maximum absolute atomic E-state index is 10.8. The molecule has 98 valence electrons. The second kappa shape index (κ2) is 6.81. The molecule has 0 bridgehead atoms. The Hall–Kier alpha value is -1.67. The van der Waals surface area contributed by atoms with Crippen molar-refractivity contribution in [2.45, 2.75) is 31.7 Å². The Labute approximate surface area is 96.8 Å². The van der Waals surface area contributed by atoms with Crippen LogP contribution in [-0.2, 0) is 23.9 Å². The zero-order valence-electron chi connectivity index (χ0n) is 9.32. The molecule has 0 saturated carbocycles. The van der Waals surface area contributed by atoms with E-state index in [-0.39, 0.29) is 6.42 Å². The van der Waals surface area contributed by atoms with Crippen molar-refractivity contribution in [3.63, 3.8) is 0 Å². The molecule has 0 aromatic rings. The lowest BCUT2D eigenvalue weighted by molar-refractivity contribution is -0.185. The number of carbonyl (C=O) groups is 3. The Bertz CT molecular complexity index is 299. The van der Waals surface area contributed by atoms with Crippen molar-refractivity contribution in [3.05, 3.63) is 0 Å². The molecule has 0 aromatic carbocycles. The summed E-state index contributed by atoms with van der Waals surface area (Å²) in [7, 11) is 1.000. The summed E-state index contributed by atoms with van der Waals surface area (Å²) >= 11 is 0. The highest BCUT2D eigenvalue weighted by molar-refractivity contribution is 5.84. The summed E-state index contributed by atoms with van der Waals surface area (Å²) in [5.74, 6) is -4.50. The van der Waals surface area contributed by atoms with Gasteiger partial charge in [0, 0.05) is 7.11 Å². The van der Waals surface area contributed by atoms with Crippen molar-refractivity contribution >= 4 is 17.9 Å². The highest BCUT2D eigenvalue weighted by Gasteiger charge is 2.38. The van der Waals surface area contributed by atoms with E-state index in [2.05, 4.69) is 4.74 Å². The van der Waals surface area contributed by atoms with E-state index in [1.54, 1.807) is 0 Å². The van der Waals surface area contributed by atoms with Gasteiger partial charge in [0.1, 0.15) is 0 Å². The quantitative estimate of drug-likeness (QED) is 0.521. The van der Waals surface area contributed by atoms with Crippen LogP contribution in [0.4, 0.5) is 0 Å². The molecule has 0 radical (unpaired) electrons. The van der Waals surface area contributed by atoms with Crippen molar-refractivity contribution in [2.75, 3.05) is 7.11 Å². The molecular weight excluding hydrogens is 236 g/mol. The van der Waals surface area contributed by atoms with Crippen LogP contribution in [0.15, 0.2) is 0 Å². The summed E-state index contributed by atoms with van der Waals surface area (Å²) in [6, 6.07) is 0. The Kier molecular flexibility index (Phi) is 6.15. The average Bonchev–Trinajstić information content (AvgIpc) is 2.22. The fourth-order valence-electron chi connectivity index (χ4n) is 1.12. The van der Waals surface area contributed by atoms with E-state index in [0.29, 0.717) is 0 Å². The van der Waals surface area contributed by atoms with E-state index in [4.69, 9.17) is 20.1 Å². The molecule has 0 spiro atoms. The number of carboxylic acid groups (broad SMARTS) is 3. The average molecular weight is 250 g/mol. The van der Waals surface area contributed by atoms with Crippen LogP contribution in [0, 0.1) is 0 Å². The first kappa shape index (κ1) is 15.3. The molecule has 0 aliphatic heterocycles. The van der Waals surface area contributed by atoms with Crippen LogP contribution in [0.25, 0.3) is 0 Å². The maximum atomic E-state index is 10.8. The Morgan fingerprint density at radius 1 is 1.00 bits per heavy atom. The van der Waals surface area contributed by atoms with Gasteiger partial charge in [0.2, 0.25) is 0 Å². The topological polar surface area (TPSA) is 130 Å². The minimum Gasteiger partial charge on any atom is -0.479 e. The normalized spacial score (nSPS) is 15.9. The lowest BCUT2D eigenvalue weighted by Crippen LogP contribution is -2.46. The summed E-state index contributed by atoms with van der Waals surface area (Å²) < 4.78 is 9.19. The van der Waals surface area contributed by atoms with E-state index in [1.807, 2.05) is 0 Å². The highest BCUT2D eigenvalue weighted by atomic mass is 16.6. The van der Waals surface area contributed by atoms with Crippen molar-refractivity contribution in [1.82, 2.24) is 0 Å². The van der Waals surface area contributed by atoms with Gasteiger partial charge in [-0.25, -0.2) is 14.4 Å². The number of carboxylic acids is 3. The molecule has 0 heterocycles. The third-order valence-electron chi connectivity index (χ3n) is 1.97. The molecule has 8 nitrogen and oxygen atoms in total. The summed E-state index contributed by atoms with van der Waals surface area (Å²) in [4.78, 5) is 32.2. The number of hydrogen-bond donors (Lipinski definition) is 3. The first-order chi connectivity index (χ1) is 7.84. The van der Waals surface area contributed by atoms with Gasteiger partial charge in [0.15, 0.2) is 18.3 Å². The first-order valence-corrected chi connectivity index (χ1v) is 4.71. The molecule has 3 atom stereocenters. The van der Waals surface area contributed by atoms with Crippen molar-refractivity contribution in [1.29, 1.82) is 0 Å². The maximum Gasteiger partial charge on any atom is 0.336 e. The molecule has 17 heavy (non-hydrogen) atoms. The molecule has 0 saturated heterocycles. The van der Waals surface area contributed by atoms with E-state index in [0.717, 1.165) is 7.11 Å². The van der Waals surface area contributed by atoms with Crippen LogP contribution >= 0.6 is 0 Å². The van der Waals surface area contributed by atoms with Gasteiger partial charge in [0.05, 0.1) is 0 Å². The molecular formula is C9H14O8. The largest absolute Gasteiger partial charge is 0.479 e. The molecule has 0 fully saturated rings. The lowest BCUT2D eigenvalue weighted by Gasteiger charge is -2.22. The molecule has 0 amide bonds. The first-order valence-electron chi connectivity index (χ1n) is 4.71.